The van der Waals surface area contributed by atoms with E-state index in [4.69, 9.17) is 0 Å². The topological polar surface area (TPSA) is 47.9 Å². The second kappa shape index (κ2) is 7.47. The van der Waals surface area contributed by atoms with Gasteiger partial charge in [-0.1, -0.05) is 25.1 Å². The molecule has 0 spiro atoms. The molecule has 0 fully saturated rings. The van der Waals surface area contributed by atoms with Crippen molar-refractivity contribution in [2.24, 2.45) is 4.99 Å². The van der Waals surface area contributed by atoms with Gasteiger partial charge in [0, 0.05) is 0 Å². The third-order valence-electron chi connectivity index (χ3n) is 2.21. The van der Waals surface area contributed by atoms with Gasteiger partial charge in [-0.05, 0) is 24.6 Å². The summed E-state index contributed by atoms with van der Waals surface area (Å²) in [5, 5.41) is 0. The summed E-state index contributed by atoms with van der Waals surface area (Å²) in [6, 6.07) is 7.49. The molecule has 0 aliphatic heterocycles. The number of nitrogens with zero attached hydrogens (tertiary/aromatic N) is 1. The van der Waals surface area contributed by atoms with Gasteiger partial charge in [-0.25, -0.2) is 9.79 Å². The summed E-state index contributed by atoms with van der Waals surface area (Å²) in [4.78, 5) is 14.8. The van der Waals surface area contributed by atoms with Gasteiger partial charge in [-0.2, -0.15) is 13.2 Å². The van der Waals surface area contributed by atoms with Crippen LogP contribution in [0.2, 0.25) is 0 Å². The van der Waals surface area contributed by atoms with Crippen molar-refractivity contribution in [3.05, 3.63) is 42.2 Å². The van der Waals surface area contributed by atoms with E-state index in [1.54, 1.807) is 13.0 Å². The van der Waals surface area contributed by atoms with Gasteiger partial charge < -0.3 is 9.47 Å². The normalized spacial score (nSPS) is 13.0. The van der Waals surface area contributed by atoms with Crippen molar-refractivity contribution in [3.63, 3.8) is 0 Å². The summed E-state index contributed by atoms with van der Waals surface area (Å²) in [7, 11) is 1.05. The van der Waals surface area contributed by atoms with E-state index in [0.29, 0.717) is 6.42 Å². The molecule has 0 saturated carbocycles. The van der Waals surface area contributed by atoms with Crippen molar-refractivity contribution in [1.82, 2.24) is 0 Å². The fourth-order valence-corrected chi connectivity index (χ4v) is 1.32. The highest BCUT2D eigenvalue weighted by Gasteiger charge is 2.40. The van der Waals surface area contributed by atoms with E-state index < -0.39 is 23.8 Å². The van der Waals surface area contributed by atoms with Gasteiger partial charge >= 0.3 is 18.0 Å². The van der Waals surface area contributed by atoms with Gasteiger partial charge in [0.2, 0.25) is 5.76 Å². The molecule has 0 aliphatic rings. The highest BCUT2D eigenvalue weighted by molar-refractivity contribution is 5.93. The van der Waals surface area contributed by atoms with E-state index >= 15 is 0 Å². The van der Waals surface area contributed by atoms with Crippen molar-refractivity contribution in [3.8, 4) is 0 Å². The predicted octanol–water partition coefficient (Wildman–Crippen LogP) is 3.76. The van der Waals surface area contributed by atoms with Crippen LogP contribution in [0.15, 0.2) is 47.2 Å². The lowest BCUT2D eigenvalue weighted by Crippen LogP contribution is -2.27. The zero-order valence-corrected chi connectivity index (χ0v) is 11.5. The van der Waals surface area contributed by atoms with Crippen molar-refractivity contribution in [1.29, 1.82) is 0 Å². The molecule has 7 heteroatoms. The Balaban J connectivity index is 3.13. The van der Waals surface area contributed by atoms with Gasteiger partial charge in [0.25, 0.3) is 0 Å². The highest BCUT2D eigenvalue weighted by atomic mass is 19.4. The Morgan fingerprint density at radius 1 is 1.29 bits per heavy atom. The molecule has 21 heavy (non-hydrogen) atoms. The fourth-order valence-electron chi connectivity index (χ4n) is 1.32. The zero-order valence-electron chi connectivity index (χ0n) is 11.5. The lowest BCUT2D eigenvalue weighted by Gasteiger charge is -2.13. The number of allylic oxidation sites excluding steroid dienone is 1. The van der Waals surface area contributed by atoms with E-state index in [1.165, 1.54) is 30.3 Å². The Kier molecular flexibility index (Phi) is 5.95. The van der Waals surface area contributed by atoms with E-state index in [-0.39, 0.29) is 5.69 Å². The van der Waals surface area contributed by atoms with E-state index in [2.05, 4.69) is 14.5 Å². The Hall–Kier alpha value is -2.31. The van der Waals surface area contributed by atoms with Crippen LogP contribution < -0.4 is 0 Å². The number of rotatable bonds is 4. The number of ether oxygens (including phenoxy) is 2. The summed E-state index contributed by atoms with van der Waals surface area (Å²) in [5.74, 6) is -3.08. The van der Waals surface area contributed by atoms with Gasteiger partial charge in [0.1, 0.15) is 0 Å². The molecule has 1 rings (SSSR count). The van der Waals surface area contributed by atoms with Crippen LogP contribution in [0, 0.1) is 0 Å². The molecule has 0 amide bonds. The van der Waals surface area contributed by atoms with Crippen molar-refractivity contribution in [2.45, 2.75) is 19.5 Å². The fraction of sp³-hybridized carbons (Fsp3) is 0.286. The Bertz CT molecular complexity index is 536. The molecule has 4 nitrogen and oxygen atoms in total. The number of hydrogen-bond donors (Lipinski definition) is 0. The highest BCUT2D eigenvalue weighted by Crippen LogP contribution is 2.24. The molecule has 0 aliphatic carbocycles. The van der Waals surface area contributed by atoms with Crippen LogP contribution in [0.4, 0.5) is 18.9 Å². The Labute approximate surface area is 119 Å². The molecule has 1 aromatic rings. The molecule has 0 saturated heterocycles. The van der Waals surface area contributed by atoms with Crippen molar-refractivity contribution >= 4 is 17.6 Å². The summed E-state index contributed by atoms with van der Waals surface area (Å²) in [6.07, 6.45) is -3.34. The maximum Gasteiger partial charge on any atom is 0.468 e. The van der Waals surface area contributed by atoms with Crippen LogP contribution in [0.1, 0.15) is 13.3 Å². The molecule has 0 unspecified atom stereocenters. The lowest BCUT2D eigenvalue weighted by molar-refractivity contribution is -0.139. The van der Waals surface area contributed by atoms with Gasteiger partial charge in [0.15, 0.2) is 0 Å². The molecule has 0 aromatic heterocycles. The average molecular weight is 301 g/mol. The third kappa shape index (κ3) is 5.29. The Morgan fingerprint density at radius 2 is 1.90 bits per heavy atom. The molecule has 0 radical (unpaired) electrons. The largest absolute Gasteiger partial charge is 0.468 e. The molecule has 0 heterocycles. The predicted molar refractivity (Wildman–Crippen MR) is 71.1 cm³/mol. The number of halogens is 3. The molecule has 0 atom stereocenters. The Morgan fingerprint density at radius 3 is 2.38 bits per heavy atom. The maximum absolute atomic E-state index is 12.9. The molecule has 0 N–H and O–H groups in total. The number of alkyl halides is 3. The zero-order chi connectivity index (χ0) is 15.9. The standard InChI is InChI=1S/C14H14F3NO3/c1-3-7-11(12(19)20-2)21-13(14(15,16)17)18-10-8-5-4-6-9-10/h4-9H,3H2,1-2H3/b11-7-,18-13?. The summed E-state index contributed by atoms with van der Waals surface area (Å²) in [5.41, 5.74) is 0.0607. The first-order chi connectivity index (χ1) is 9.88. The van der Waals surface area contributed by atoms with E-state index in [1.807, 2.05) is 0 Å². The minimum absolute atomic E-state index is 0.0607. The number of esters is 1. The quantitative estimate of drug-likeness (QED) is 0.280. The van der Waals surface area contributed by atoms with Gasteiger partial charge in [0.05, 0.1) is 12.8 Å². The number of carbonyl (C=O) groups is 1. The first kappa shape index (κ1) is 16.7. The van der Waals surface area contributed by atoms with E-state index in [9.17, 15) is 18.0 Å². The SMILES string of the molecule is CC/C=C(\OC(=Nc1ccccc1)C(F)(F)F)C(=O)OC. The third-order valence-corrected chi connectivity index (χ3v) is 2.21. The van der Waals surface area contributed by atoms with Crippen molar-refractivity contribution in [2.75, 3.05) is 7.11 Å². The minimum atomic E-state index is -4.84. The lowest BCUT2D eigenvalue weighted by atomic mass is 10.3. The first-order valence-electron chi connectivity index (χ1n) is 6.05. The van der Waals surface area contributed by atoms with Crippen LogP contribution in [-0.2, 0) is 14.3 Å². The second-order valence-corrected chi connectivity index (χ2v) is 3.82. The summed E-state index contributed by atoms with van der Waals surface area (Å²) >= 11 is 0. The number of methoxy groups -OCH3 is 1. The molecular weight excluding hydrogens is 287 g/mol. The summed E-state index contributed by atoms with van der Waals surface area (Å²) in [6.45, 7) is 1.65. The van der Waals surface area contributed by atoms with Crippen LogP contribution in [0.3, 0.4) is 0 Å². The van der Waals surface area contributed by atoms with Crippen LogP contribution >= 0.6 is 0 Å². The van der Waals surface area contributed by atoms with E-state index in [0.717, 1.165) is 7.11 Å². The summed E-state index contributed by atoms with van der Waals surface area (Å²) < 4.78 is 47.8. The van der Waals surface area contributed by atoms with Crippen LogP contribution in [0.25, 0.3) is 0 Å². The van der Waals surface area contributed by atoms with Crippen LogP contribution in [0.5, 0.6) is 0 Å². The minimum Gasteiger partial charge on any atom is -0.463 e. The number of para-hydroxylation sites is 1. The number of carbonyl (C=O) groups excluding carboxylic acids is 1. The maximum atomic E-state index is 12.9. The van der Waals surface area contributed by atoms with Gasteiger partial charge in [-0.15, -0.1) is 0 Å². The van der Waals surface area contributed by atoms with Gasteiger partial charge in [-0.3, -0.25) is 0 Å². The second-order valence-electron chi connectivity index (χ2n) is 3.82. The molecule has 0 bridgehead atoms. The number of aliphatic imine (C=N–C) groups is 1. The smallest absolute Gasteiger partial charge is 0.463 e. The molecule has 114 valence electrons. The van der Waals surface area contributed by atoms with Crippen LogP contribution in [-0.4, -0.2) is 25.2 Å². The monoisotopic (exact) mass is 301 g/mol. The number of hydrogen-bond acceptors (Lipinski definition) is 4. The molecule has 1 aromatic carbocycles. The number of benzene rings is 1. The first-order valence-corrected chi connectivity index (χ1v) is 6.05. The van der Waals surface area contributed by atoms with Crippen molar-refractivity contribution < 1.29 is 27.4 Å². The average Bonchev–Trinajstić information content (AvgIpc) is 2.45. The molecular formula is C14H14F3NO3.